The third kappa shape index (κ3) is 3.73. The highest BCUT2D eigenvalue weighted by Gasteiger charge is 2.12. The van der Waals surface area contributed by atoms with Crippen molar-refractivity contribution >= 4 is 34.5 Å². The molecule has 0 aliphatic rings. The molecule has 0 bridgehead atoms. The van der Waals surface area contributed by atoms with Gasteiger partial charge in [-0.25, -0.2) is 9.18 Å². The molecule has 0 atom stereocenters. The van der Waals surface area contributed by atoms with Gasteiger partial charge in [0.05, 0.1) is 17.1 Å². The van der Waals surface area contributed by atoms with Gasteiger partial charge in [0.1, 0.15) is 17.3 Å². The number of rotatable bonds is 5. The molecule has 0 aliphatic heterocycles. The zero-order valence-electron chi connectivity index (χ0n) is 14.3. The van der Waals surface area contributed by atoms with Crippen LogP contribution in [0.4, 0.5) is 4.39 Å². The molecule has 26 heavy (non-hydrogen) atoms. The molecule has 2 aromatic carbocycles. The van der Waals surface area contributed by atoms with E-state index in [9.17, 15) is 9.18 Å². The summed E-state index contributed by atoms with van der Waals surface area (Å²) in [6, 6.07) is 9.80. The lowest BCUT2D eigenvalue weighted by Gasteiger charge is -2.09. The molecule has 0 amide bonds. The van der Waals surface area contributed by atoms with E-state index in [1.165, 1.54) is 24.3 Å². The van der Waals surface area contributed by atoms with E-state index in [0.29, 0.717) is 18.1 Å². The van der Waals surface area contributed by atoms with Gasteiger partial charge in [-0.05, 0) is 37.3 Å². The summed E-state index contributed by atoms with van der Waals surface area (Å²) in [4.78, 5) is 11.6. The minimum absolute atomic E-state index is 0.00910. The summed E-state index contributed by atoms with van der Waals surface area (Å²) >= 11 is 5.83. The fraction of sp³-hybridized carbons (Fsp3) is 0.150. The first-order chi connectivity index (χ1) is 12.5. The number of benzene rings is 2. The Balaban J connectivity index is 2.02. The minimum Gasteiger partial charge on any atom is -0.463 e. The predicted octanol–water partition coefficient (Wildman–Crippen LogP) is 5.34. The Hall–Kier alpha value is -2.79. The average Bonchev–Trinajstić information content (AvgIpc) is 2.94. The Bertz CT molecular complexity index is 994. The van der Waals surface area contributed by atoms with Crippen LogP contribution in [0.15, 0.2) is 48.7 Å². The number of nitrogens with zero attached hydrogens (tertiary/aromatic N) is 1. The molecule has 0 fully saturated rings. The van der Waals surface area contributed by atoms with Crippen LogP contribution in [-0.2, 0) is 16.6 Å². The van der Waals surface area contributed by atoms with Crippen molar-refractivity contribution < 1.29 is 18.7 Å². The van der Waals surface area contributed by atoms with Gasteiger partial charge in [0.2, 0.25) is 0 Å². The summed E-state index contributed by atoms with van der Waals surface area (Å²) in [5, 5.41) is 0.821. The molecule has 0 spiro atoms. The van der Waals surface area contributed by atoms with E-state index in [1.54, 1.807) is 19.1 Å². The Morgan fingerprint density at radius 1 is 1.31 bits per heavy atom. The lowest BCUT2D eigenvalue weighted by atomic mass is 10.1. The second kappa shape index (κ2) is 7.62. The predicted molar refractivity (Wildman–Crippen MR) is 100 cm³/mol. The van der Waals surface area contributed by atoms with E-state index in [2.05, 4.69) is 0 Å². The van der Waals surface area contributed by atoms with Crippen LogP contribution < -0.4 is 4.74 Å². The van der Waals surface area contributed by atoms with Crippen LogP contribution in [0.25, 0.3) is 17.0 Å². The molecule has 0 unspecified atom stereocenters. The molecule has 4 nitrogen and oxygen atoms in total. The van der Waals surface area contributed by atoms with E-state index in [1.807, 2.05) is 29.9 Å². The van der Waals surface area contributed by atoms with Crippen molar-refractivity contribution in [3.05, 3.63) is 65.1 Å². The van der Waals surface area contributed by atoms with Crippen LogP contribution >= 0.6 is 11.6 Å². The number of carbonyl (C=O) groups excluding carboxylic acids is 1. The van der Waals surface area contributed by atoms with Gasteiger partial charge in [-0.3, -0.25) is 0 Å². The summed E-state index contributed by atoms with van der Waals surface area (Å²) in [6.07, 6.45) is 4.96. The fourth-order valence-electron chi connectivity index (χ4n) is 2.67. The molecular weight excluding hydrogens is 357 g/mol. The first-order valence-electron chi connectivity index (χ1n) is 8.05. The van der Waals surface area contributed by atoms with Crippen LogP contribution in [0.2, 0.25) is 5.02 Å². The monoisotopic (exact) mass is 373 g/mol. The van der Waals surface area contributed by atoms with Gasteiger partial charge in [0, 0.05) is 36.3 Å². The largest absolute Gasteiger partial charge is 0.463 e. The summed E-state index contributed by atoms with van der Waals surface area (Å²) < 4.78 is 26.1. The van der Waals surface area contributed by atoms with E-state index in [0.717, 1.165) is 16.5 Å². The molecule has 134 valence electrons. The minimum atomic E-state index is -0.505. The molecule has 0 radical (unpaired) electrons. The summed E-state index contributed by atoms with van der Waals surface area (Å²) in [7, 11) is 1.91. The quantitative estimate of drug-likeness (QED) is 0.447. The van der Waals surface area contributed by atoms with Crippen molar-refractivity contribution in [2.75, 3.05) is 6.61 Å². The highest BCUT2D eigenvalue weighted by Crippen LogP contribution is 2.35. The van der Waals surface area contributed by atoms with Crippen LogP contribution in [0.1, 0.15) is 12.5 Å². The highest BCUT2D eigenvalue weighted by molar-refractivity contribution is 6.30. The molecule has 6 heteroatoms. The average molecular weight is 374 g/mol. The molecule has 0 aliphatic carbocycles. The number of aryl methyl sites for hydroxylation is 1. The lowest BCUT2D eigenvalue weighted by Crippen LogP contribution is -1.98. The number of ether oxygens (including phenoxy) is 2. The van der Waals surface area contributed by atoms with Crippen LogP contribution in [0.5, 0.6) is 11.5 Å². The molecule has 0 saturated carbocycles. The topological polar surface area (TPSA) is 40.5 Å². The van der Waals surface area contributed by atoms with Crippen LogP contribution in [0.3, 0.4) is 0 Å². The number of hydrogen-bond acceptors (Lipinski definition) is 3. The van der Waals surface area contributed by atoms with E-state index in [4.69, 9.17) is 21.1 Å². The van der Waals surface area contributed by atoms with E-state index < -0.39 is 11.8 Å². The van der Waals surface area contributed by atoms with E-state index in [-0.39, 0.29) is 5.02 Å². The molecule has 0 N–H and O–H groups in total. The van der Waals surface area contributed by atoms with Gasteiger partial charge < -0.3 is 14.0 Å². The number of fused-ring (bicyclic) bond motifs is 1. The van der Waals surface area contributed by atoms with Gasteiger partial charge in [0.25, 0.3) is 0 Å². The second-order valence-electron chi connectivity index (χ2n) is 5.61. The van der Waals surface area contributed by atoms with Crippen molar-refractivity contribution in [2.45, 2.75) is 6.92 Å². The van der Waals surface area contributed by atoms with Crippen molar-refractivity contribution in [2.24, 2.45) is 7.05 Å². The molecule has 3 rings (SSSR count). The maximum atomic E-state index is 13.4. The smallest absolute Gasteiger partial charge is 0.330 e. The lowest BCUT2D eigenvalue weighted by molar-refractivity contribution is -0.137. The Kier molecular flexibility index (Phi) is 5.28. The standard InChI is InChI=1S/C20H17ClFNO3/c1-3-25-19(24)10-7-13-12-23(2)17-5-4-6-18(20(13)17)26-14-8-9-16(22)15(21)11-14/h4-12H,3H2,1-2H3/b10-7+. The van der Waals surface area contributed by atoms with Gasteiger partial charge in [-0.1, -0.05) is 17.7 Å². The zero-order chi connectivity index (χ0) is 18.7. The highest BCUT2D eigenvalue weighted by atomic mass is 35.5. The van der Waals surface area contributed by atoms with Gasteiger partial charge in [-0.15, -0.1) is 0 Å². The second-order valence-corrected chi connectivity index (χ2v) is 6.02. The van der Waals surface area contributed by atoms with Crippen molar-refractivity contribution in [3.8, 4) is 11.5 Å². The summed E-state index contributed by atoms with van der Waals surface area (Å²) in [5.74, 6) is 0.0885. The SMILES string of the molecule is CCOC(=O)/C=C/c1cn(C)c2cccc(Oc3ccc(F)c(Cl)c3)c12. The number of halogens is 2. The number of aromatic nitrogens is 1. The maximum absolute atomic E-state index is 13.4. The maximum Gasteiger partial charge on any atom is 0.330 e. The Morgan fingerprint density at radius 2 is 2.12 bits per heavy atom. The molecule has 0 saturated heterocycles. The van der Waals surface area contributed by atoms with Gasteiger partial charge in [0.15, 0.2) is 0 Å². The van der Waals surface area contributed by atoms with Crippen molar-refractivity contribution in [1.29, 1.82) is 0 Å². The number of hydrogen-bond donors (Lipinski definition) is 0. The van der Waals surface area contributed by atoms with E-state index >= 15 is 0 Å². The van der Waals surface area contributed by atoms with Crippen LogP contribution in [0, 0.1) is 5.82 Å². The van der Waals surface area contributed by atoms with Crippen molar-refractivity contribution in [1.82, 2.24) is 4.57 Å². The third-order valence-electron chi connectivity index (χ3n) is 3.81. The Morgan fingerprint density at radius 3 is 2.85 bits per heavy atom. The van der Waals surface area contributed by atoms with Gasteiger partial charge in [-0.2, -0.15) is 0 Å². The molecular formula is C20H17ClFNO3. The normalized spacial score (nSPS) is 11.2. The number of esters is 1. The van der Waals surface area contributed by atoms with Crippen LogP contribution in [-0.4, -0.2) is 17.1 Å². The molecule has 1 heterocycles. The fourth-order valence-corrected chi connectivity index (χ4v) is 2.84. The first kappa shape index (κ1) is 18.0. The first-order valence-corrected chi connectivity index (χ1v) is 8.43. The zero-order valence-corrected chi connectivity index (χ0v) is 15.1. The summed E-state index contributed by atoms with van der Waals surface area (Å²) in [5.41, 5.74) is 1.73. The van der Waals surface area contributed by atoms with Gasteiger partial charge >= 0.3 is 5.97 Å². The number of carbonyl (C=O) groups is 1. The Labute approximate surface area is 155 Å². The third-order valence-corrected chi connectivity index (χ3v) is 4.10. The molecule has 3 aromatic rings. The molecule has 1 aromatic heterocycles. The summed E-state index contributed by atoms with van der Waals surface area (Å²) in [6.45, 7) is 2.07. The van der Waals surface area contributed by atoms with Crippen molar-refractivity contribution in [3.63, 3.8) is 0 Å².